The highest BCUT2D eigenvalue weighted by molar-refractivity contribution is 7.99. The van der Waals surface area contributed by atoms with Gasteiger partial charge in [0.1, 0.15) is 6.26 Å². The predicted octanol–water partition coefficient (Wildman–Crippen LogP) is 1.39. The molecule has 0 aromatic carbocycles. The molecule has 1 rings (SSSR count). The lowest BCUT2D eigenvalue weighted by Gasteiger charge is -2.02. The van der Waals surface area contributed by atoms with E-state index in [1.165, 1.54) is 0 Å². The molecule has 1 aromatic heterocycles. The lowest BCUT2D eigenvalue weighted by molar-refractivity contribution is 0.199. The lowest BCUT2D eigenvalue weighted by Crippen LogP contribution is -2.20. The van der Waals surface area contributed by atoms with Gasteiger partial charge in [0, 0.05) is 19.4 Å². The van der Waals surface area contributed by atoms with Crippen LogP contribution in [0.3, 0.4) is 0 Å². The molecule has 0 bridgehead atoms. The van der Waals surface area contributed by atoms with Crippen LogP contribution in [0.25, 0.3) is 0 Å². The van der Waals surface area contributed by atoms with E-state index in [1.54, 1.807) is 31.3 Å². The number of ether oxygens (including phenoxy) is 1. The predicted molar refractivity (Wildman–Crippen MR) is 56.6 cm³/mol. The van der Waals surface area contributed by atoms with E-state index < -0.39 is 0 Å². The fraction of sp³-hybridized carbons (Fsp3) is 0.667. The number of oxazole rings is 1. The number of thioether (sulfide) groups is 1. The van der Waals surface area contributed by atoms with Gasteiger partial charge in [0.05, 0.1) is 12.8 Å². The maximum absolute atomic E-state index is 5.09. The minimum Gasteiger partial charge on any atom is -0.440 e. The first kappa shape index (κ1) is 11.6. The summed E-state index contributed by atoms with van der Waals surface area (Å²) in [5.74, 6) is 1.03. The van der Waals surface area contributed by atoms with Gasteiger partial charge in [-0.2, -0.15) is 0 Å². The number of nitrogens with one attached hydrogen (secondary N) is 1. The number of methoxy groups -OCH3 is 1. The Hall–Kier alpha value is -0.520. The van der Waals surface area contributed by atoms with Crippen molar-refractivity contribution in [3.8, 4) is 0 Å². The van der Waals surface area contributed by atoms with Gasteiger partial charge in [-0.05, 0) is 13.0 Å². The van der Waals surface area contributed by atoms with Crippen LogP contribution in [0.1, 0.15) is 6.42 Å². The van der Waals surface area contributed by atoms with Gasteiger partial charge < -0.3 is 14.5 Å². The van der Waals surface area contributed by atoms with E-state index in [4.69, 9.17) is 9.15 Å². The Morgan fingerprint density at radius 2 is 2.50 bits per heavy atom. The molecule has 0 aliphatic rings. The summed E-state index contributed by atoms with van der Waals surface area (Å²) >= 11 is 1.64. The van der Waals surface area contributed by atoms with E-state index in [0.717, 1.165) is 37.1 Å². The van der Waals surface area contributed by atoms with Gasteiger partial charge in [0.25, 0.3) is 5.22 Å². The topological polar surface area (TPSA) is 47.3 Å². The van der Waals surface area contributed by atoms with Crippen molar-refractivity contribution < 1.29 is 9.15 Å². The smallest absolute Gasteiger partial charge is 0.255 e. The van der Waals surface area contributed by atoms with Crippen LogP contribution in [0.15, 0.2) is 22.1 Å². The summed E-state index contributed by atoms with van der Waals surface area (Å²) in [6.45, 7) is 2.70. The zero-order chi connectivity index (χ0) is 10.1. The highest BCUT2D eigenvalue weighted by atomic mass is 32.2. The molecule has 4 nitrogen and oxygen atoms in total. The van der Waals surface area contributed by atoms with E-state index in [0.29, 0.717) is 0 Å². The molecule has 0 radical (unpaired) electrons. The first-order valence-corrected chi connectivity index (χ1v) is 5.64. The zero-order valence-corrected chi connectivity index (χ0v) is 9.18. The van der Waals surface area contributed by atoms with Crippen LogP contribution < -0.4 is 5.32 Å². The maximum Gasteiger partial charge on any atom is 0.255 e. The Morgan fingerprint density at radius 1 is 1.57 bits per heavy atom. The van der Waals surface area contributed by atoms with Crippen LogP contribution in [0, 0.1) is 0 Å². The van der Waals surface area contributed by atoms with Gasteiger partial charge in [0.15, 0.2) is 0 Å². The standard InChI is InChI=1S/C9H16N2O2S/c1-12-6-4-10-3-2-8-14-9-11-5-7-13-9/h5,7,10H,2-4,6,8H2,1H3. The monoisotopic (exact) mass is 216 g/mol. The van der Waals surface area contributed by atoms with Crippen molar-refractivity contribution in [3.05, 3.63) is 12.5 Å². The van der Waals surface area contributed by atoms with Crippen LogP contribution in [-0.2, 0) is 4.74 Å². The molecular weight excluding hydrogens is 200 g/mol. The van der Waals surface area contributed by atoms with Crippen molar-refractivity contribution in [1.29, 1.82) is 0 Å². The fourth-order valence-electron chi connectivity index (χ4n) is 0.938. The minimum absolute atomic E-state index is 0.752. The van der Waals surface area contributed by atoms with Gasteiger partial charge in [-0.1, -0.05) is 11.8 Å². The van der Waals surface area contributed by atoms with Crippen molar-refractivity contribution in [1.82, 2.24) is 10.3 Å². The van der Waals surface area contributed by atoms with Crippen LogP contribution in [0.4, 0.5) is 0 Å². The number of hydrogen-bond donors (Lipinski definition) is 1. The number of rotatable bonds is 8. The fourth-order valence-corrected chi connectivity index (χ4v) is 1.66. The number of nitrogens with zero attached hydrogens (tertiary/aromatic N) is 1. The second-order valence-corrected chi connectivity index (χ2v) is 3.79. The Labute approximate surface area is 88.4 Å². The third-order valence-corrected chi connectivity index (χ3v) is 2.56. The first-order chi connectivity index (χ1) is 6.93. The molecule has 0 aliphatic heterocycles. The molecule has 0 spiro atoms. The molecule has 5 heteroatoms. The average molecular weight is 216 g/mol. The van der Waals surface area contributed by atoms with Gasteiger partial charge in [-0.25, -0.2) is 4.98 Å². The van der Waals surface area contributed by atoms with Crippen LogP contribution in [0.2, 0.25) is 0 Å². The second-order valence-electron chi connectivity index (χ2n) is 2.74. The number of aromatic nitrogens is 1. The molecule has 0 saturated heterocycles. The molecule has 0 fully saturated rings. The van der Waals surface area contributed by atoms with E-state index >= 15 is 0 Å². The van der Waals surface area contributed by atoms with E-state index in [1.807, 2.05) is 0 Å². The van der Waals surface area contributed by atoms with Crippen molar-refractivity contribution in [2.45, 2.75) is 11.6 Å². The van der Waals surface area contributed by atoms with Crippen molar-refractivity contribution in [3.63, 3.8) is 0 Å². The van der Waals surface area contributed by atoms with Gasteiger partial charge in [-0.3, -0.25) is 0 Å². The molecule has 1 heterocycles. The van der Waals surface area contributed by atoms with Crippen molar-refractivity contribution in [2.24, 2.45) is 0 Å². The third-order valence-electron chi connectivity index (χ3n) is 1.62. The van der Waals surface area contributed by atoms with E-state index in [9.17, 15) is 0 Å². The zero-order valence-electron chi connectivity index (χ0n) is 8.36. The average Bonchev–Trinajstić information content (AvgIpc) is 2.69. The Bertz CT molecular complexity index is 217. The minimum atomic E-state index is 0.752. The largest absolute Gasteiger partial charge is 0.440 e. The van der Waals surface area contributed by atoms with Crippen LogP contribution in [-0.4, -0.2) is 37.5 Å². The normalized spacial score (nSPS) is 10.6. The molecule has 1 aromatic rings. The van der Waals surface area contributed by atoms with Crippen molar-refractivity contribution >= 4 is 11.8 Å². The molecular formula is C9H16N2O2S. The highest BCUT2D eigenvalue weighted by Crippen LogP contribution is 2.14. The molecule has 0 aliphatic carbocycles. The van der Waals surface area contributed by atoms with Crippen LogP contribution in [0.5, 0.6) is 0 Å². The summed E-state index contributed by atoms with van der Waals surface area (Å²) in [5, 5.41) is 4.03. The summed E-state index contributed by atoms with van der Waals surface area (Å²) in [7, 11) is 1.71. The first-order valence-electron chi connectivity index (χ1n) is 4.65. The molecule has 14 heavy (non-hydrogen) atoms. The molecule has 0 atom stereocenters. The Morgan fingerprint density at radius 3 is 3.21 bits per heavy atom. The summed E-state index contributed by atoms with van der Waals surface area (Å²) in [6, 6.07) is 0. The van der Waals surface area contributed by atoms with E-state index in [-0.39, 0.29) is 0 Å². The van der Waals surface area contributed by atoms with E-state index in [2.05, 4.69) is 10.3 Å². The van der Waals surface area contributed by atoms with Crippen LogP contribution >= 0.6 is 11.8 Å². The summed E-state index contributed by atoms with van der Waals surface area (Å²) < 4.78 is 10.0. The molecule has 80 valence electrons. The van der Waals surface area contributed by atoms with Gasteiger partial charge in [0.2, 0.25) is 0 Å². The quantitative estimate of drug-likeness (QED) is 0.525. The SMILES string of the molecule is COCCNCCCSc1ncco1. The molecule has 0 saturated carbocycles. The Balaban J connectivity index is 1.85. The lowest BCUT2D eigenvalue weighted by atomic mass is 10.5. The van der Waals surface area contributed by atoms with Crippen molar-refractivity contribution in [2.75, 3.05) is 32.6 Å². The summed E-state index contributed by atoms with van der Waals surface area (Å²) in [6.07, 6.45) is 4.37. The summed E-state index contributed by atoms with van der Waals surface area (Å²) in [4.78, 5) is 4.02. The van der Waals surface area contributed by atoms with Gasteiger partial charge >= 0.3 is 0 Å². The Kier molecular flexibility index (Phi) is 6.47. The highest BCUT2D eigenvalue weighted by Gasteiger charge is 1.96. The second kappa shape index (κ2) is 7.84. The molecule has 0 amide bonds. The molecule has 1 N–H and O–H groups in total. The van der Waals surface area contributed by atoms with Gasteiger partial charge in [-0.15, -0.1) is 0 Å². The summed E-state index contributed by atoms with van der Waals surface area (Å²) in [5.41, 5.74) is 0. The third kappa shape index (κ3) is 5.26. The maximum atomic E-state index is 5.09. The molecule has 0 unspecified atom stereocenters. The number of hydrogen-bond acceptors (Lipinski definition) is 5.